The van der Waals surface area contributed by atoms with Crippen molar-refractivity contribution in [3.63, 3.8) is 0 Å². The van der Waals surface area contributed by atoms with Crippen LogP contribution in [0.25, 0.3) is 0 Å². The molecule has 3 rings (SSSR count). The largest absolute Gasteiger partial charge is 0.496 e. The number of hydrogen-bond donors (Lipinski definition) is 1. The van der Waals surface area contributed by atoms with Gasteiger partial charge in [-0.05, 0) is 43.2 Å². The number of carboxylic acids is 1. The SMILES string of the molecule is COc1cccc(OC)c1CC(CC(=O)N1CC2CCCCC2C1)C(=O)O. The number of hydrogen-bond acceptors (Lipinski definition) is 4. The van der Waals surface area contributed by atoms with E-state index in [0.29, 0.717) is 28.9 Å². The molecule has 1 amide bonds. The summed E-state index contributed by atoms with van der Waals surface area (Å²) >= 11 is 0. The van der Waals surface area contributed by atoms with Crippen LogP contribution in [0.5, 0.6) is 11.5 Å². The van der Waals surface area contributed by atoms with E-state index in [2.05, 4.69) is 0 Å². The minimum Gasteiger partial charge on any atom is -0.496 e. The average Bonchev–Trinajstić information content (AvgIpc) is 3.11. The van der Waals surface area contributed by atoms with Crippen molar-refractivity contribution in [2.75, 3.05) is 27.3 Å². The normalized spacial score (nSPS) is 22.8. The van der Waals surface area contributed by atoms with Gasteiger partial charge in [0.25, 0.3) is 0 Å². The molecular formula is C21H29NO5. The van der Waals surface area contributed by atoms with Crippen LogP contribution >= 0.6 is 0 Å². The number of carboxylic acid groups (broad SMARTS) is 1. The molecular weight excluding hydrogens is 346 g/mol. The van der Waals surface area contributed by atoms with Crippen molar-refractivity contribution >= 4 is 11.9 Å². The number of ether oxygens (including phenoxy) is 2. The van der Waals surface area contributed by atoms with Crippen LogP contribution in [0.15, 0.2) is 18.2 Å². The van der Waals surface area contributed by atoms with Gasteiger partial charge in [0.1, 0.15) is 11.5 Å². The van der Waals surface area contributed by atoms with Gasteiger partial charge in [0.05, 0.1) is 20.1 Å². The number of nitrogens with zero attached hydrogens (tertiary/aromatic N) is 1. The van der Waals surface area contributed by atoms with Gasteiger partial charge in [-0.1, -0.05) is 18.9 Å². The Morgan fingerprint density at radius 3 is 2.15 bits per heavy atom. The molecule has 1 saturated carbocycles. The lowest BCUT2D eigenvalue weighted by molar-refractivity contribution is -0.145. The van der Waals surface area contributed by atoms with Gasteiger partial charge in [-0.3, -0.25) is 9.59 Å². The van der Waals surface area contributed by atoms with E-state index in [-0.39, 0.29) is 18.7 Å². The molecule has 1 N–H and O–H groups in total. The number of carbonyl (C=O) groups is 2. The number of rotatable bonds is 7. The Morgan fingerprint density at radius 1 is 1.11 bits per heavy atom. The van der Waals surface area contributed by atoms with Gasteiger partial charge in [-0.2, -0.15) is 0 Å². The maximum Gasteiger partial charge on any atom is 0.307 e. The first kappa shape index (κ1) is 19.5. The van der Waals surface area contributed by atoms with Crippen LogP contribution in [0.3, 0.4) is 0 Å². The summed E-state index contributed by atoms with van der Waals surface area (Å²) in [7, 11) is 3.09. The molecule has 1 aliphatic carbocycles. The second-order valence-corrected chi connectivity index (χ2v) is 7.69. The van der Waals surface area contributed by atoms with E-state index in [1.165, 1.54) is 25.7 Å². The summed E-state index contributed by atoms with van der Waals surface area (Å²) in [6.07, 6.45) is 5.08. The van der Waals surface area contributed by atoms with E-state index < -0.39 is 11.9 Å². The van der Waals surface area contributed by atoms with Gasteiger partial charge >= 0.3 is 5.97 Å². The van der Waals surface area contributed by atoms with Gasteiger partial charge < -0.3 is 19.5 Å². The summed E-state index contributed by atoms with van der Waals surface area (Å²) < 4.78 is 10.7. The first-order chi connectivity index (χ1) is 13.0. The topological polar surface area (TPSA) is 76.1 Å². The number of aliphatic carboxylic acids is 1. The molecule has 1 aliphatic heterocycles. The fraction of sp³-hybridized carbons (Fsp3) is 0.619. The number of carbonyl (C=O) groups excluding carboxylic acids is 1. The molecule has 0 spiro atoms. The van der Waals surface area contributed by atoms with Crippen molar-refractivity contribution in [3.8, 4) is 11.5 Å². The standard InChI is InChI=1S/C21H29NO5/c1-26-18-8-5-9-19(27-2)17(18)10-16(21(24)25)11-20(23)22-12-14-6-3-4-7-15(14)13-22/h5,8-9,14-16H,3-4,6-7,10-13H2,1-2H3,(H,24,25). The Morgan fingerprint density at radius 2 is 1.67 bits per heavy atom. The zero-order chi connectivity index (χ0) is 19.4. The predicted octanol–water partition coefficient (Wildman–Crippen LogP) is 2.99. The fourth-order valence-electron chi connectivity index (χ4n) is 4.57. The second-order valence-electron chi connectivity index (χ2n) is 7.69. The summed E-state index contributed by atoms with van der Waals surface area (Å²) in [6, 6.07) is 5.36. The molecule has 3 atom stereocenters. The van der Waals surface area contributed by atoms with Crippen LogP contribution in [0.1, 0.15) is 37.7 Å². The molecule has 0 radical (unpaired) electrons. The Balaban J connectivity index is 1.70. The third-order valence-electron chi connectivity index (χ3n) is 6.08. The third-order valence-corrected chi connectivity index (χ3v) is 6.08. The lowest BCUT2D eigenvalue weighted by Crippen LogP contribution is -2.33. The van der Waals surface area contributed by atoms with Gasteiger partial charge in [0.15, 0.2) is 0 Å². The van der Waals surface area contributed by atoms with Gasteiger partial charge in [0.2, 0.25) is 5.91 Å². The van der Waals surface area contributed by atoms with Gasteiger partial charge in [0, 0.05) is 25.1 Å². The molecule has 1 aromatic carbocycles. The summed E-state index contributed by atoms with van der Waals surface area (Å²) in [5.41, 5.74) is 0.692. The molecule has 1 heterocycles. The van der Waals surface area contributed by atoms with Crippen LogP contribution in [0.2, 0.25) is 0 Å². The molecule has 0 aromatic heterocycles. The number of methoxy groups -OCH3 is 2. The van der Waals surface area contributed by atoms with Crippen molar-refractivity contribution in [3.05, 3.63) is 23.8 Å². The quantitative estimate of drug-likeness (QED) is 0.793. The first-order valence-electron chi connectivity index (χ1n) is 9.74. The maximum absolute atomic E-state index is 12.8. The van der Waals surface area contributed by atoms with E-state index in [9.17, 15) is 14.7 Å². The zero-order valence-corrected chi connectivity index (χ0v) is 16.1. The molecule has 1 aromatic rings. The number of benzene rings is 1. The maximum atomic E-state index is 12.8. The van der Waals surface area contributed by atoms with Crippen LogP contribution < -0.4 is 9.47 Å². The Kier molecular flexibility index (Phi) is 6.24. The Bertz CT molecular complexity index is 653. The van der Waals surface area contributed by atoms with E-state index in [4.69, 9.17) is 9.47 Å². The van der Waals surface area contributed by atoms with Crippen LogP contribution in [-0.4, -0.2) is 49.2 Å². The summed E-state index contributed by atoms with van der Waals surface area (Å²) in [4.78, 5) is 26.5. The van der Waals surface area contributed by atoms with Crippen molar-refractivity contribution in [2.45, 2.75) is 38.5 Å². The number of fused-ring (bicyclic) bond motifs is 1. The lowest BCUT2D eigenvalue weighted by Gasteiger charge is -2.22. The molecule has 3 unspecified atom stereocenters. The predicted molar refractivity (Wildman–Crippen MR) is 101 cm³/mol. The van der Waals surface area contributed by atoms with Crippen LogP contribution in [-0.2, 0) is 16.0 Å². The zero-order valence-electron chi connectivity index (χ0n) is 16.1. The molecule has 6 nitrogen and oxygen atoms in total. The van der Waals surface area contributed by atoms with E-state index in [1.54, 1.807) is 32.4 Å². The highest BCUT2D eigenvalue weighted by Gasteiger charge is 2.37. The fourth-order valence-corrected chi connectivity index (χ4v) is 4.57. The highest BCUT2D eigenvalue weighted by atomic mass is 16.5. The molecule has 27 heavy (non-hydrogen) atoms. The monoisotopic (exact) mass is 375 g/mol. The average molecular weight is 375 g/mol. The molecule has 2 aliphatic rings. The Labute approximate surface area is 160 Å². The van der Waals surface area contributed by atoms with Gasteiger partial charge in [-0.25, -0.2) is 0 Å². The van der Waals surface area contributed by atoms with Crippen molar-refractivity contribution in [2.24, 2.45) is 17.8 Å². The van der Waals surface area contributed by atoms with Gasteiger partial charge in [-0.15, -0.1) is 0 Å². The van der Waals surface area contributed by atoms with Crippen molar-refractivity contribution in [1.82, 2.24) is 4.90 Å². The molecule has 6 heteroatoms. The first-order valence-corrected chi connectivity index (χ1v) is 9.74. The summed E-state index contributed by atoms with van der Waals surface area (Å²) in [5, 5.41) is 9.71. The summed E-state index contributed by atoms with van der Waals surface area (Å²) in [5.74, 6) is 0.546. The van der Waals surface area contributed by atoms with Crippen LogP contribution in [0.4, 0.5) is 0 Å². The van der Waals surface area contributed by atoms with Crippen molar-refractivity contribution < 1.29 is 24.2 Å². The smallest absolute Gasteiger partial charge is 0.307 e. The molecule has 0 bridgehead atoms. The van der Waals surface area contributed by atoms with Crippen molar-refractivity contribution in [1.29, 1.82) is 0 Å². The van der Waals surface area contributed by atoms with Crippen LogP contribution in [0, 0.1) is 17.8 Å². The van der Waals surface area contributed by atoms with E-state index in [0.717, 1.165) is 13.1 Å². The highest BCUT2D eigenvalue weighted by molar-refractivity contribution is 5.83. The summed E-state index contributed by atoms with van der Waals surface area (Å²) in [6.45, 7) is 1.57. The third kappa shape index (κ3) is 4.37. The van der Waals surface area contributed by atoms with E-state index >= 15 is 0 Å². The number of likely N-dealkylation sites (tertiary alicyclic amines) is 1. The number of amides is 1. The second kappa shape index (κ2) is 8.63. The lowest BCUT2D eigenvalue weighted by atomic mass is 9.82. The Hall–Kier alpha value is -2.24. The minimum absolute atomic E-state index is 0.00990. The van der Waals surface area contributed by atoms with E-state index in [1.807, 2.05) is 4.90 Å². The highest BCUT2D eigenvalue weighted by Crippen LogP contribution is 2.37. The molecule has 1 saturated heterocycles. The molecule has 148 valence electrons. The molecule has 2 fully saturated rings. The minimum atomic E-state index is -0.965.